The first-order valence-electron chi connectivity index (χ1n) is 10.5. The van der Waals surface area contributed by atoms with Gasteiger partial charge in [-0.05, 0) is 75.3 Å². The van der Waals surface area contributed by atoms with Crippen LogP contribution < -0.4 is 5.32 Å². The summed E-state index contributed by atoms with van der Waals surface area (Å²) in [4.78, 5) is 19.4. The summed E-state index contributed by atoms with van der Waals surface area (Å²) >= 11 is 0. The Labute approximate surface area is 157 Å². The molecule has 1 aliphatic heterocycles. The van der Waals surface area contributed by atoms with E-state index in [-0.39, 0.29) is 5.91 Å². The molecule has 1 N–H and O–H groups in total. The molecular weight excluding hydrogens is 322 g/mol. The van der Waals surface area contributed by atoms with Crippen LogP contribution in [0.3, 0.4) is 0 Å². The second-order valence-corrected chi connectivity index (χ2v) is 9.19. The second-order valence-electron chi connectivity index (χ2n) is 9.19. The van der Waals surface area contributed by atoms with E-state index in [0.717, 1.165) is 42.0 Å². The molecule has 1 spiro atoms. The molecule has 2 heterocycles. The Balaban J connectivity index is 1.21. The minimum atomic E-state index is 0.137. The minimum Gasteiger partial charge on any atom is -0.353 e. The fourth-order valence-corrected chi connectivity index (χ4v) is 5.49. The number of carbonyl (C=O) groups is 1. The molecule has 0 bridgehead atoms. The molecule has 4 rings (SSSR count). The van der Waals surface area contributed by atoms with Crippen LogP contribution in [-0.2, 0) is 11.2 Å². The third-order valence-corrected chi connectivity index (χ3v) is 7.20. The zero-order valence-electron chi connectivity index (χ0n) is 16.3. The Morgan fingerprint density at radius 3 is 2.85 bits per heavy atom. The normalized spacial score (nSPS) is 28.4. The van der Waals surface area contributed by atoms with Gasteiger partial charge in [0, 0.05) is 37.1 Å². The van der Waals surface area contributed by atoms with Crippen LogP contribution in [0.5, 0.6) is 0 Å². The van der Waals surface area contributed by atoms with Gasteiger partial charge in [-0.15, -0.1) is 0 Å². The highest BCUT2D eigenvalue weighted by molar-refractivity contribution is 5.79. The quantitative estimate of drug-likeness (QED) is 0.879. The fourth-order valence-electron chi connectivity index (χ4n) is 5.49. The number of piperidine rings is 1. The number of pyridine rings is 1. The summed E-state index contributed by atoms with van der Waals surface area (Å²) in [5.41, 5.74) is 2.77. The number of likely N-dealkylation sites (tertiary alicyclic amines) is 1. The molecule has 2 atom stereocenters. The molecular formula is C22H33N3O. The molecule has 2 aliphatic carbocycles. The summed E-state index contributed by atoms with van der Waals surface area (Å²) in [6.07, 6.45) is 11.8. The third-order valence-electron chi connectivity index (χ3n) is 7.20. The SMILES string of the molecule is Cc1ncccc1CC(=O)NC1CCN(CC2CC3(CCC3)C2)C(C)C1. The smallest absolute Gasteiger partial charge is 0.224 e. The van der Waals surface area contributed by atoms with Crippen LogP contribution in [0.25, 0.3) is 0 Å². The molecule has 4 nitrogen and oxygen atoms in total. The molecule has 1 aromatic heterocycles. The van der Waals surface area contributed by atoms with Crippen molar-refractivity contribution >= 4 is 5.91 Å². The molecule has 142 valence electrons. The number of aromatic nitrogens is 1. The van der Waals surface area contributed by atoms with Crippen LogP contribution in [-0.4, -0.2) is 41.0 Å². The van der Waals surface area contributed by atoms with Crippen molar-refractivity contribution in [1.29, 1.82) is 0 Å². The minimum absolute atomic E-state index is 0.137. The average molecular weight is 356 g/mol. The van der Waals surface area contributed by atoms with Gasteiger partial charge in [-0.25, -0.2) is 0 Å². The monoisotopic (exact) mass is 355 g/mol. The van der Waals surface area contributed by atoms with E-state index in [0.29, 0.717) is 18.5 Å². The molecule has 3 aliphatic rings. The van der Waals surface area contributed by atoms with E-state index in [9.17, 15) is 4.79 Å². The predicted octanol–water partition coefficient (Wildman–Crippen LogP) is 3.48. The standard InChI is InChI=1S/C22H33N3O/c1-16-11-20(24-21(26)12-19-5-3-9-23-17(19)2)6-10-25(16)15-18-13-22(14-18)7-4-8-22/h3,5,9,16,18,20H,4,6-8,10-15H2,1-2H3,(H,24,26). The lowest BCUT2D eigenvalue weighted by Gasteiger charge is -2.56. The van der Waals surface area contributed by atoms with Crippen molar-refractivity contribution in [2.75, 3.05) is 13.1 Å². The molecule has 26 heavy (non-hydrogen) atoms. The number of hydrogen-bond donors (Lipinski definition) is 1. The molecule has 1 aromatic rings. The van der Waals surface area contributed by atoms with Gasteiger partial charge in [-0.2, -0.15) is 0 Å². The molecule has 0 aromatic carbocycles. The highest BCUT2D eigenvalue weighted by atomic mass is 16.1. The van der Waals surface area contributed by atoms with Gasteiger partial charge in [0.1, 0.15) is 0 Å². The van der Waals surface area contributed by atoms with E-state index in [1.54, 1.807) is 6.20 Å². The van der Waals surface area contributed by atoms with E-state index >= 15 is 0 Å². The van der Waals surface area contributed by atoms with E-state index < -0.39 is 0 Å². The topological polar surface area (TPSA) is 45.2 Å². The molecule has 4 heteroatoms. The molecule has 2 saturated carbocycles. The van der Waals surface area contributed by atoms with Gasteiger partial charge in [0.15, 0.2) is 0 Å². The van der Waals surface area contributed by atoms with E-state index in [4.69, 9.17) is 0 Å². The zero-order valence-corrected chi connectivity index (χ0v) is 16.3. The number of nitrogens with one attached hydrogen (secondary N) is 1. The van der Waals surface area contributed by atoms with Crippen molar-refractivity contribution < 1.29 is 4.79 Å². The van der Waals surface area contributed by atoms with Crippen LogP contribution in [0, 0.1) is 18.3 Å². The Morgan fingerprint density at radius 1 is 1.38 bits per heavy atom. The van der Waals surface area contributed by atoms with E-state index in [1.807, 2.05) is 19.1 Å². The fraction of sp³-hybridized carbons (Fsp3) is 0.727. The van der Waals surface area contributed by atoms with Crippen molar-refractivity contribution in [3.8, 4) is 0 Å². The molecule has 1 saturated heterocycles. The van der Waals surface area contributed by atoms with Gasteiger partial charge >= 0.3 is 0 Å². The number of aryl methyl sites for hydroxylation is 1. The average Bonchev–Trinajstić information content (AvgIpc) is 2.52. The number of hydrogen-bond acceptors (Lipinski definition) is 3. The maximum atomic E-state index is 12.4. The van der Waals surface area contributed by atoms with Crippen molar-refractivity contribution in [1.82, 2.24) is 15.2 Å². The van der Waals surface area contributed by atoms with Gasteiger partial charge in [0.05, 0.1) is 6.42 Å². The van der Waals surface area contributed by atoms with E-state index in [1.165, 1.54) is 38.6 Å². The summed E-state index contributed by atoms with van der Waals surface area (Å²) < 4.78 is 0. The van der Waals surface area contributed by atoms with Gasteiger partial charge in [-0.1, -0.05) is 12.5 Å². The van der Waals surface area contributed by atoms with Gasteiger partial charge < -0.3 is 10.2 Å². The summed E-state index contributed by atoms with van der Waals surface area (Å²) in [6, 6.07) is 4.81. The van der Waals surface area contributed by atoms with Crippen LogP contribution in [0.4, 0.5) is 0 Å². The Kier molecular flexibility index (Phi) is 5.05. The Bertz CT molecular complexity index is 647. The third kappa shape index (κ3) is 3.80. The first-order chi connectivity index (χ1) is 12.5. The predicted molar refractivity (Wildman–Crippen MR) is 104 cm³/mol. The summed E-state index contributed by atoms with van der Waals surface area (Å²) in [5, 5.41) is 3.26. The van der Waals surface area contributed by atoms with Crippen LogP contribution in [0.1, 0.15) is 63.1 Å². The van der Waals surface area contributed by atoms with Crippen molar-refractivity contribution in [3.05, 3.63) is 29.6 Å². The maximum absolute atomic E-state index is 12.4. The summed E-state index contributed by atoms with van der Waals surface area (Å²) in [6.45, 7) is 6.71. The molecule has 3 fully saturated rings. The maximum Gasteiger partial charge on any atom is 0.224 e. The molecule has 1 amide bonds. The van der Waals surface area contributed by atoms with E-state index in [2.05, 4.69) is 22.1 Å². The van der Waals surface area contributed by atoms with Crippen LogP contribution in [0.15, 0.2) is 18.3 Å². The molecule has 0 radical (unpaired) electrons. The lowest BCUT2D eigenvalue weighted by molar-refractivity contribution is -0.121. The van der Waals surface area contributed by atoms with Crippen molar-refractivity contribution in [2.24, 2.45) is 11.3 Å². The van der Waals surface area contributed by atoms with Gasteiger partial charge in [0.25, 0.3) is 0 Å². The van der Waals surface area contributed by atoms with Gasteiger partial charge in [0.2, 0.25) is 5.91 Å². The second kappa shape index (κ2) is 7.30. The Morgan fingerprint density at radius 2 is 2.19 bits per heavy atom. The lowest BCUT2D eigenvalue weighted by atomic mass is 9.52. The van der Waals surface area contributed by atoms with Gasteiger partial charge in [-0.3, -0.25) is 9.78 Å². The van der Waals surface area contributed by atoms with Crippen LogP contribution in [0.2, 0.25) is 0 Å². The first-order valence-corrected chi connectivity index (χ1v) is 10.5. The number of carbonyl (C=O) groups excluding carboxylic acids is 1. The summed E-state index contributed by atoms with van der Waals surface area (Å²) in [5.74, 6) is 1.06. The highest BCUT2D eigenvalue weighted by Gasteiger charge is 2.48. The number of rotatable bonds is 5. The van der Waals surface area contributed by atoms with Crippen LogP contribution >= 0.6 is 0 Å². The largest absolute Gasteiger partial charge is 0.353 e. The first kappa shape index (κ1) is 18.0. The summed E-state index contributed by atoms with van der Waals surface area (Å²) in [7, 11) is 0. The molecule has 2 unspecified atom stereocenters. The Hall–Kier alpha value is -1.42. The van der Waals surface area contributed by atoms with Crippen molar-refractivity contribution in [3.63, 3.8) is 0 Å². The number of amides is 1. The van der Waals surface area contributed by atoms with Crippen molar-refractivity contribution in [2.45, 2.75) is 77.3 Å². The zero-order chi connectivity index (χ0) is 18.1. The lowest BCUT2D eigenvalue weighted by Crippen LogP contribution is -2.53. The highest BCUT2D eigenvalue weighted by Crippen LogP contribution is 2.58. The number of nitrogens with zero attached hydrogens (tertiary/aromatic N) is 2.